The van der Waals surface area contributed by atoms with Crippen molar-refractivity contribution in [3.05, 3.63) is 60.2 Å². The van der Waals surface area contributed by atoms with Gasteiger partial charge in [0.2, 0.25) is 5.95 Å². The van der Waals surface area contributed by atoms with Gasteiger partial charge in [0.1, 0.15) is 0 Å². The lowest BCUT2D eigenvalue weighted by atomic mass is 9.97. The number of nitrogens with zero attached hydrogens (tertiary/aromatic N) is 4. The number of rotatable bonds is 3. The van der Waals surface area contributed by atoms with E-state index in [9.17, 15) is 0 Å². The van der Waals surface area contributed by atoms with Gasteiger partial charge in [-0.25, -0.2) is 15.0 Å². The summed E-state index contributed by atoms with van der Waals surface area (Å²) in [5.74, 6) is 0.264. The van der Waals surface area contributed by atoms with Crippen LogP contribution in [0, 0.1) is 6.92 Å². The summed E-state index contributed by atoms with van der Waals surface area (Å²) >= 11 is 0. The van der Waals surface area contributed by atoms with E-state index in [-0.39, 0.29) is 5.95 Å². The molecule has 0 saturated carbocycles. The fourth-order valence-electron chi connectivity index (χ4n) is 1.90. The topological polar surface area (TPSA) is 67.4 Å². The summed E-state index contributed by atoms with van der Waals surface area (Å²) < 4.78 is 0. The van der Waals surface area contributed by atoms with Crippen molar-refractivity contribution in [1.82, 2.24) is 15.0 Å². The van der Waals surface area contributed by atoms with E-state index in [1.54, 1.807) is 17.4 Å². The van der Waals surface area contributed by atoms with E-state index >= 15 is 0 Å². The van der Waals surface area contributed by atoms with Gasteiger partial charge in [-0.15, -0.1) is 0 Å². The van der Waals surface area contributed by atoms with Gasteiger partial charge in [0, 0.05) is 24.2 Å². The van der Waals surface area contributed by atoms with Crippen LogP contribution in [0.1, 0.15) is 18.2 Å². The Morgan fingerprint density at radius 1 is 1.50 bits per heavy atom. The second-order valence-corrected chi connectivity index (χ2v) is 4.33. The number of aryl methyl sites for hydroxylation is 1. The summed E-state index contributed by atoms with van der Waals surface area (Å²) in [5, 5.41) is 5.86. The summed E-state index contributed by atoms with van der Waals surface area (Å²) in [6.07, 6.45) is 9.09. The van der Waals surface area contributed by atoms with Crippen LogP contribution in [0.15, 0.2) is 54.1 Å². The Kier molecular flexibility index (Phi) is 3.79. The largest absolute Gasteiger partial charge is 0.368 e. The summed E-state index contributed by atoms with van der Waals surface area (Å²) in [4.78, 5) is 8.17. The van der Waals surface area contributed by atoms with Crippen LogP contribution in [-0.4, -0.2) is 21.2 Å². The summed E-state index contributed by atoms with van der Waals surface area (Å²) in [6.45, 7) is 11.8. The molecule has 5 heteroatoms. The molecule has 5 nitrogen and oxygen atoms in total. The van der Waals surface area contributed by atoms with Gasteiger partial charge in [0.15, 0.2) is 0 Å². The minimum absolute atomic E-state index is 0.264. The zero-order valence-corrected chi connectivity index (χ0v) is 11.7. The fraction of sp³-hybridized carbons (Fsp3) is 0.133. The number of hydrogen-bond donors (Lipinski definition) is 1. The Morgan fingerprint density at radius 3 is 2.85 bits per heavy atom. The van der Waals surface area contributed by atoms with Gasteiger partial charge in [-0.1, -0.05) is 13.2 Å². The average Bonchev–Trinajstić information content (AvgIpc) is 2.40. The lowest BCUT2D eigenvalue weighted by Crippen LogP contribution is -2.11. The van der Waals surface area contributed by atoms with Crippen molar-refractivity contribution in [1.29, 1.82) is 0 Å². The molecule has 0 radical (unpaired) electrons. The minimum atomic E-state index is 0.264. The number of hydrogen-bond acceptors (Lipinski definition) is 5. The first-order valence-corrected chi connectivity index (χ1v) is 6.18. The number of nitrogen functional groups attached to an aromatic ring is 1. The van der Waals surface area contributed by atoms with Crippen LogP contribution >= 0.6 is 0 Å². The van der Waals surface area contributed by atoms with Gasteiger partial charge < -0.3 is 5.73 Å². The van der Waals surface area contributed by atoms with E-state index in [2.05, 4.69) is 28.2 Å². The molecule has 0 saturated heterocycles. The molecule has 1 aromatic heterocycles. The molecule has 1 aromatic rings. The molecule has 1 aliphatic rings. The molecule has 0 unspecified atom stereocenters. The van der Waals surface area contributed by atoms with E-state index in [1.165, 1.54) is 0 Å². The zero-order chi connectivity index (χ0) is 14.7. The standard InChI is InChI=1S/C15H17N5/c1-5-18-20-7-6-13(8-10(20)2)11(3)14-9-17-15(16)19-12(14)4/h5-9H,2-3H2,1,4H3,(H2,16,17,19)/b18-5-. The van der Waals surface area contributed by atoms with Crippen LogP contribution < -0.4 is 5.73 Å². The van der Waals surface area contributed by atoms with Gasteiger partial charge >= 0.3 is 0 Å². The van der Waals surface area contributed by atoms with Crippen molar-refractivity contribution < 1.29 is 0 Å². The van der Waals surface area contributed by atoms with Crippen molar-refractivity contribution in [3.63, 3.8) is 0 Å². The SMILES string of the molecule is C=C(C1=CC(=C)N(/N=C\C)C=C1)c1cnc(N)nc1C. The Bertz CT molecular complexity index is 652. The van der Waals surface area contributed by atoms with E-state index in [4.69, 9.17) is 5.73 Å². The van der Waals surface area contributed by atoms with Gasteiger partial charge in [0.05, 0.1) is 11.4 Å². The molecule has 20 heavy (non-hydrogen) atoms. The quantitative estimate of drug-likeness (QED) is 0.855. The highest BCUT2D eigenvalue weighted by Crippen LogP contribution is 2.28. The zero-order valence-electron chi connectivity index (χ0n) is 11.7. The van der Waals surface area contributed by atoms with Crippen molar-refractivity contribution in [2.75, 3.05) is 5.73 Å². The molecule has 2 rings (SSSR count). The van der Waals surface area contributed by atoms with E-state index < -0.39 is 0 Å². The summed E-state index contributed by atoms with van der Waals surface area (Å²) in [7, 11) is 0. The molecule has 2 N–H and O–H groups in total. The van der Waals surface area contributed by atoms with Crippen LogP contribution in [0.25, 0.3) is 5.57 Å². The number of nitrogens with two attached hydrogens (primary N) is 1. The second-order valence-electron chi connectivity index (χ2n) is 4.33. The molecule has 0 bridgehead atoms. The van der Waals surface area contributed by atoms with Crippen molar-refractivity contribution in [2.24, 2.45) is 5.10 Å². The summed E-state index contributed by atoms with van der Waals surface area (Å²) in [6, 6.07) is 0. The molecular weight excluding hydrogens is 250 g/mol. The molecule has 1 aliphatic heterocycles. The third kappa shape index (κ3) is 2.66. The molecule has 102 valence electrons. The molecule has 0 atom stereocenters. The van der Waals surface area contributed by atoms with E-state index in [0.29, 0.717) is 0 Å². The second kappa shape index (κ2) is 5.52. The Balaban J connectivity index is 2.29. The van der Waals surface area contributed by atoms with Gasteiger partial charge in [-0.2, -0.15) is 5.10 Å². The lowest BCUT2D eigenvalue weighted by Gasteiger charge is -2.20. The highest BCUT2D eigenvalue weighted by molar-refractivity contribution is 5.82. The smallest absolute Gasteiger partial charge is 0.220 e. The molecule has 0 spiro atoms. The van der Waals surface area contributed by atoms with E-state index in [0.717, 1.165) is 28.1 Å². The number of anilines is 1. The van der Waals surface area contributed by atoms with E-state index in [1.807, 2.05) is 32.2 Å². The molecular formula is C15H17N5. The third-order valence-corrected chi connectivity index (χ3v) is 2.92. The number of aromatic nitrogens is 2. The maximum absolute atomic E-state index is 5.56. The molecule has 0 amide bonds. The van der Waals surface area contributed by atoms with Crippen LogP contribution in [-0.2, 0) is 0 Å². The maximum Gasteiger partial charge on any atom is 0.220 e. The average molecular weight is 267 g/mol. The third-order valence-electron chi connectivity index (χ3n) is 2.92. The van der Waals surface area contributed by atoms with Gasteiger partial charge in [-0.05, 0) is 37.1 Å². The van der Waals surface area contributed by atoms with Crippen LogP contribution in [0.2, 0.25) is 0 Å². The number of hydrazone groups is 1. The van der Waals surface area contributed by atoms with Gasteiger partial charge in [-0.3, -0.25) is 0 Å². The van der Waals surface area contributed by atoms with Crippen LogP contribution in [0.5, 0.6) is 0 Å². The van der Waals surface area contributed by atoms with Crippen LogP contribution in [0.3, 0.4) is 0 Å². The highest BCUT2D eigenvalue weighted by Gasteiger charge is 2.13. The molecule has 0 aliphatic carbocycles. The Hall–Kier alpha value is -2.69. The van der Waals surface area contributed by atoms with Crippen molar-refractivity contribution in [2.45, 2.75) is 13.8 Å². The molecule has 0 fully saturated rings. The van der Waals surface area contributed by atoms with Crippen LogP contribution in [0.4, 0.5) is 5.95 Å². The lowest BCUT2D eigenvalue weighted by molar-refractivity contribution is 0.514. The molecule has 0 aromatic carbocycles. The predicted octanol–water partition coefficient (Wildman–Crippen LogP) is 2.66. The molecule has 2 heterocycles. The maximum atomic E-state index is 5.56. The normalized spacial score (nSPS) is 14.8. The Labute approximate surface area is 118 Å². The predicted molar refractivity (Wildman–Crippen MR) is 82.6 cm³/mol. The first kappa shape index (κ1) is 13.7. The van der Waals surface area contributed by atoms with Crippen molar-refractivity contribution in [3.8, 4) is 0 Å². The first-order valence-electron chi connectivity index (χ1n) is 6.18. The monoisotopic (exact) mass is 267 g/mol. The highest BCUT2D eigenvalue weighted by atomic mass is 15.4. The number of allylic oxidation sites excluding steroid dienone is 4. The summed E-state index contributed by atoms with van der Waals surface area (Å²) in [5.41, 5.74) is 9.80. The Morgan fingerprint density at radius 2 is 2.25 bits per heavy atom. The first-order chi connectivity index (χ1) is 9.52. The minimum Gasteiger partial charge on any atom is -0.368 e. The van der Waals surface area contributed by atoms with Crippen molar-refractivity contribution >= 4 is 17.7 Å². The fourth-order valence-corrected chi connectivity index (χ4v) is 1.90. The van der Waals surface area contributed by atoms with Gasteiger partial charge in [0.25, 0.3) is 0 Å².